The van der Waals surface area contributed by atoms with Gasteiger partial charge in [-0.05, 0) is 24.1 Å². The molecule has 0 aliphatic carbocycles. The van der Waals surface area contributed by atoms with Gasteiger partial charge in [0.2, 0.25) is 11.8 Å². The third-order valence-corrected chi connectivity index (χ3v) is 3.38. The van der Waals surface area contributed by atoms with Crippen LogP contribution in [0, 0.1) is 0 Å². The first-order chi connectivity index (χ1) is 12.4. The molecule has 2 unspecified atom stereocenters. The first-order valence-corrected chi connectivity index (χ1v) is 7.63. The molecular weight excluding hydrogens is 346 g/mol. The van der Waals surface area contributed by atoms with Gasteiger partial charge in [0.05, 0.1) is 19.2 Å². The Morgan fingerprint density at radius 3 is 2.54 bits per heavy atom. The van der Waals surface area contributed by atoms with Crippen molar-refractivity contribution in [2.45, 2.75) is 25.0 Å². The van der Waals surface area contributed by atoms with Crippen molar-refractivity contribution in [2.24, 2.45) is 5.73 Å². The molecule has 0 aliphatic rings. The molecule has 2 amide bonds. The minimum Gasteiger partial charge on any atom is -0.508 e. The summed E-state index contributed by atoms with van der Waals surface area (Å²) >= 11 is 0. The molecule has 1 aromatic carbocycles. The average Bonchev–Trinajstić information content (AvgIpc) is 3.08. The van der Waals surface area contributed by atoms with Crippen LogP contribution in [0.1, 0.15) is 23.4 Å². The number of phenolic OH excluding ortho intramolecular Hbond substituents is 1. The third-order valence-electron chi connectivity index (χ3n) is 3.38. The molecule has 1 aromatic heterocycles. The normalized spacial score (nSPS) is 13.0. The van der Waals surface area contributed by atoms with Gasteiger partial charge in [-0.1, -0.05) is 12.1 Å². The van der Waals surface area contributed by atoms with Gasteiger partial charge in [-0.2, -0.15) is 0 Å². The smallest absolute Gasteiger partial charge is 0.328 e. The zero-order chi connectivity index (χ0) is 19.1. The molecule has 0 saturated carbocycles. The Balaban J connectivity index is 1.85. The van der Waals surface area contributed by atoms with E-state index in [0.717, 1.165) is 5.56 Å². The van der Waals surface area contributed by atoms with Crippen LogP contribution in [0.15, 0.2) is 28.7 Å². The maximum Gasteiger partial charge on any atom is 0.328 e. The van der Waals surface area contributed by atoms with Crippen LogP contribution in [-0.2, 0) is 17.8 Å². The number of benzene rings is 1. The molecule has 11 heteroatoms. The summed E-state index contributed by atoms with van der Waals surface area (Å²) in [6.07, 6.45) is 0.409. The number of nitrogens with zero attached hydrogens (tertiary/aromatic N) is 2. The standard InChI is InChI=1S/C15H19N5O6/c16-10(5-8-1-3-9(22)4-2-8)13-20-19-12(26-13)6-17-15(25)18-11(7-21)14(23)24/h1-4,10-11,21-22H,5-7,16H2,(H,23,24)(H2,17,18,25). The van der Waals surface area contributed by atoms with Gasteiger partial charge in [0.25, 0.3) is 0 Å². The van der Waals surface area contributed by atoms with Gasteiger partial charge in [-0.3, -0.25) is 0 Å². The molecule has 26 heavy (non-hydrogen) atoms. The maximum atomic E-state index is 11.6. The lowest BCUT2D eigenvalue weighted by atomic mass is 10.1. The molecule has 0 saturated heterocycles. The highest BCUT2D eigenvalue weighted by Gasteiger charge is 2.19. The second-order valence-corrected chi connectivity index (χ2v) is 5.41. The highest BCUT2D eigenvalue weighted by atomic mass is 16.4. The number of urea groups is 1. The minimum atomic E-state index is -1.41. The molecule has 1 heterocycles. The molecule has 140 valence electrons. The highest BCUT2D eigenvalue weighted by Crippen LogP contribution is 2.17. The lowest BCUT2D eigenvalue weighted by Gasteiger charge is -2.11. The maximum absolute atomic E-state index is 11.6. The number of aliphatic hydroxyl groups is 1. The number of nitrogens with two attached hydrogens (primary N) is 1. The predicted molar refractivity (Wildman–Crippen MR) is 86.9 cm³/mol. The minimum absolute atomic E-state index is 0.0900. The number of amides is 2. The number of aromatic nitrogens is 2. The van der Waals surface area contributed by atoms with Crippen LogP contribution < -0.4 is 16.4 Å². The van der Waals surface area contributed by atoms with E-state index in [0.29, 0.717) is 6.42 Å². The first kappa shape index (κ1) is 19.1. The summed E-state index contributed by atoms with van der Waals surface area (Å²) in [5.41, 5.74) is 6.87. The molecule has 0 fully saturated rings. The van der Waals surface area contributed by atoms with Gasteiger partial charge < -0.3 is 36.1 Å². The first-order valence-electron chi connectivity index (χ1n) is 7.63. The Labute approximate surface area is 147 Å². The fourth-order valence-corrected chi connectivity index (χ4v) is 2.01. The van der Waals surface area contributed by atoms with Crippen molar-refractivity contribution in [3.8, 4) is 5.75 Å². The summed E-state index contributed by atoms with van der Waals surface area (Å²) in [7, 11) is 0. The predicted octanol–water partition coefficient (Wildman–Crippen LogP) is -0.738. The summed E-state index contributed by atoms with van der Waals surface area (Å²) in [5, 5.41) is 38.8. The molecule has 0 aliphatic heterocycles. The van der Waals surface area contributed by atoms with Crippen molar-refractivity contribution in [2.75, 3.05) is 6.61 Å². The van der Waals surface area contributed by atoms with Crippen LogP contribution >= 0.6 is 0 Å². The number of rotatable bonds is 8. The lowest BCUT2D eigenvalue weighted by molar-refractivity contribution is -0.140. The number of hydrogen-bond donors (Lipinski definition) is 6. The fraction of sp³-hybridized carbons (Fsp3) is 0.333. The number of aromatic hydroxyl groups is 1. The number of nitrogens with one attached hydrogen (secondary N) is 2. The van der Waals surface area contributed by atoms with Crippen molar-refractivity contribution in [3.63, 3.8) is 0 Å². The monoisotopic (exact) mass is 365 g/mol. The van der Waals surface area contributed by atoms with Crippen molar-refractivity contribution in [1.29, 1.82) is 0 Å². The van der Waals surface area contributed by atoms with E-state index in [1.165, 1.54) is 0 Å². The van der Waals surface area contributed by atoms with E-state index in [1.807, 2.05) is 0 Å². The highest BCUT2D eigenvalue weighted by molar-refractivity contribution is 5.82. The number of carbonyl (C=O) groups excluding carboxylic acids is 1. The molecule has 0 radical (unpaired) electrons. The molecule has 2 atom stereocenters. The molecule has 0 bridgehead atoms. The average molecular weight is 365 g/mol. The van der Waals surface area contributed by atoms with Crippen LogP contribution in [0.4, 0.5) is 4.79 Å². The fourth-order valence-electron chi connectivity index (χ4n) is 2.01. The molecule has 7 N–H and O–H groups in total. The van der Waals surface area contributed by atoms with Crippen molar-refractivity contribution in [1.82, 2.24) is 20.8 Å². The summed E-state index contributed by atoms with van der Waals surface area (Å²) in [5.74, 6) is -0.942. The van der Waals surface area contributed by atoms with Crippen molar-refractivity contribution >= 4 is 12.0 Å². The quantitative estimate of drug-likeness (QED) is 0.351. The number of aliphatic carboxylic acids is 1. The van der Waals surface area contributed by atoms with E-state index in [2.05, 4.69) is 20.8 Å². The molecule has 0 spiro atoms. The Kier molecular flexibility index (Phi) is 6.47. The topological polar surface area (TPSA) is 184 Å². The Bertz CT molecular complexity index is 747. The SMILES string of the molecule is NC(Cc1ccc(O)cc1)c1nnc(CNC(=O)NC(CO)C(=O)O)o1. The number of carboxylic acid groups (broad SMARTS) is 1. The summed E-state index contributed by atoms with van der Waals surface area (Å²) < 4.78 is 5.37. The van der Waals surface area contributed by atoms with E-state index in [1.54, 1.807) is 24.3 Å². The van der Waals surface area contributed by atoms with Crippen molar-refractivity contribution in [3.05, 3.63) is 41.6 Å². The van der Waals surface area contributed by atoms with Crippen molar-refractivity contribution < 1.29 is 29.3 Å². The number of carboxylic acids is 1. The van der Waals surface area contributed by atoms with E-state index in [4.69, 9.17) is 20.4 Å². The summed E-state index contributed by atoms with van der Waals surface area (Å²) in [6.45, 7) is -0.873. The number of carbonyl (C=O) groups is 2. The van der Waals surface area contributed by atoms with Gasteiger partial charge in [-0.25, -0.2) is 9.59 Å². The summed E-state index contributed by atoms with van der Waals surface area (Å²) in [6, 6.07) is 3.74. The zero-order valence-corrected chi connectivity index (χ0v) is 13.6. The van der Waals surface area contributed by atoms with Crippen LogP contribution in [0.5, 0.6) is 5.75 Å². The molecule has 11 nitrogen and oxygen atoms in total. The van der Waals surface area contributed by atoms with Gasteiger partial charge in [-0.15, -0.1) is 10.2 Å². The number of aliphatic hydroxyl groups excluding tert-OH is 1. The van der Waals surface area contributed by atoms with E-state index < -0.39 is 30.7 Å². The number of hydrogen-bond acceptors (Lipinski definition) is 8. The second kappa shape index (κ2) is 8.78. The Morgan fingerprint density at radius 1 is 1.23 bits per heavy atom. The second-order valence-electron chi connectivity index (χ2n) is 5.41. The largest absolute Gasteiger partial charge is 0.508 e. The number of phenols is 1. The zero-order valence-electron chi connectivity index (χ0n) is 13.6. The van der Waals surface area contributed by atoms with E-state index in [-0.39, 0.29) is 24.1 Å². The lowest BCUT2D eigenvalue weighted by Crippen LogP contribution is -2.47. The van der Waals surface area contributed by atoms with Gasteiger partial charge in [0, 0.05) is 0 Å². The molecular formula is C15H19N5O6. The van der Waals surface area contributed by atoms with Crippen LogP contribution in [0.2, 0.25) is 0 Å². The van der Waals surface area contributed by atoms with Crippen LogP contribution in [0.3, 0.4) is 0 Å². The molecule has 2 rings (SSSR count). The third kappa shape index (κ3) is 5.43. The van der Waals surface area contributed by atoms with Gasteiger partial charge in [0.1, 0.15) is 5.75 Å². The molecule has 2 aromatic rings. The Hall–Kier alpha value is -3.18. The Morgan fingerprint density at radius 2 is 1.92 bits per heavy atom. The van der Waals surface area contributed by atoms with Gasteiger partial charge >= 0.3 is 12.0 Å². The van der Waals surface area contributed by atoms with E-state index in [9.17, 15) is 14.7 Å². The van der Waals surface area contributed by atoms with Crippen LogP contribution in [0.25, 0.3) is 0 Å². The van der Waals surface area contributed by atoms with Gasteiger partial charge in [0.15, 0.2) is 6.04 Å². The van der Waals surface area contributed by atoms with Crippen LogP contribution in [-0.4, -0.2) is 50.2 Å². The van der Waals surface area contributed by atoms with E-state index >= 15 is 0 Å². The summed E-state index contributed by atoms with van der Waals surface area (Å²) in [4.78, 5) is 22.3.